The van der Waals surface area contributed by atoms with Gasteiger partial charge in [-0.05, 0) is 32.6 Å². The lowest BCUT2D eigenvalue weighted by Crippen LogP contribution is -2.38. The van der Waals surface area contributed by atoms with Crippen molar-refractivity contribution in [3.8, 4) is 0 Å². The van der Waals surface area contributed by atoms with Gasteiger partial charge in [0.2, 0.25) is 0 Å². The average Bonchev–Trinajstić information content (AvgIpc) is 2.25. The summed E-state index contributed by atoms with van der Waals surface area (Å²) in [7, 11) is 0. The smallest absolute Gasteiger partial charge is 0.253 e. The van der Waals surface area contributed by atoms with Crippen LogP contribution in [0.4, 0.5) is 11.4 Å². The Hall–Kier alpha value is -1.32. The summed E-state index contributed by atoms with van der Waals surface area (Å²) in [5.74, 6) is 0.665. The maximum Gasteiger partial charge on any atom is 0.253 e. The second kappa shape index (κ2) is 5.84. The van der Waals surface area contributed by atoms with E-state index in [-0.39, 0.29) is 6.04 Å². The molecular formula is C13H22N2O2. The predicted octanol–water partition coefficient (Wildman–Crippen LogP) is 1.95. The van der Waals surface area contributed by atoms with Gasteiger partial charge in [0.1, 0.15) is 11.4 Å². The Labute approximate surface area is 102 Å². The predicted molar refractivity (Wildman–Crippen MR) is 72.7 cm³/mol. The van der Waals surface area contributed by atoms with Crippen LogP contribution >= 0.6 is 0 Å². The molecule has 0 heterocycles. The first-order valence-electron chi connectivity index (χ1n) is 6.27. The molecule has 0 fully saturated rings. The lowest BCUT2D eigenvalue weighted by atomic mass is 10.1. The van der Waals surface area contributed by atoms with Gasteiger partial charge in [-0.25, -0.2) is 0 Å². The monoisotopic (exact) mass is 238 g/mol. The van der Waals surface area contributed by atoms with Crippen LogP contribution in [0.25, 0.3) is 0 Å². The van der Waals surface area contributed by atoms with Crippen LogP contribution in [0.15, 0.2) is 9.59 Å². The Morgan fingerprint density at radius 2 is 1.59 bits per heavy atom. The number of nitrogens with one attached hydrogen (secondary N) is 2. The van der Waals surface area contributed by atoms with E-state index in [2.05, 4.69) is 24.5 Å². The van der Waals surface area contributed by atoms with Gasteiger partial charge in [-0.15, -0.1) is 0 Å². The average molecular weight is 238 g/mol. The fourth-order valence-electron chi connectivity index (χ4n) is 1.71. The van der Waals surface area contributed by atoms with Gasteiger partial charge in [0.15, 0.2) is 0 Å². The van der Waals surface area contributed by atoms with Gasteiger partial charge in [-0.3, -0.25) is 9.59 Å². The molecule has 17 heavy (non-hydrogen) atoms. The largest absolute Gasteiger partial charge is 0.380 e. The fraction of sp³-hybridized carbons (Fsp3) is 0.692. The van der Waals surface area contributed by atoms with Crippen LogP contribution in [0.3, 0.4) is 0 Å². The first kappa shape index (κ1) is 13.7. The summed E-state index contributed by atoms with van der Waals surface area (Å²) in [6, 6.07) is 0.162. The molecule has 0 saturated carbocycles. The van der Waals surface area contributed by atoms with Crippen LogP contribution in [0.5, 0.6) is 0 Å². The molecule has 1 aromatic carbocycles. The summed E-state index contributed by atoms with van der Waals surface area (Å²) in [6.45, 7) is 8.97. The molecule has 0 aliphatic rings. The van der Waals surface area contributed by atoms with Gasteiger partial charge in [0, 0.05) is 12.6 Å². The van der Waals surface area contributed by atoms with E-state index < -0.39 is 10.9 Å². The second-order valence-corrected chi connectivity index (χ2v) is 5.17. The van der Waals surface area contributed by atoms with E-state index >= 15 is 0 Å². The van der Waals surface area contributed by atoms with Crippen molar-refractivity contribution in [3.63, 3.8) is 0 Å². The third-order valence-corrected chi connectivity index (χ3v) is 2.60. The summed E-state index contributed by atoms with van der Waals surface area (Å²) >= 11 is 0. The highest BCUT2D eigenvalue weighted by atomic mass is 16.2. The Balaban J connectivity index is 2.51. The van der Waals surface area contributed by atoms with E-state index in [0.717, 1.165) is 19.4 Å². The number of anilines is 2. The topological polar surface area (TPSA) is 58.2 Å². The SMILES string of the molecule is CC(C)CCCNc1c(NC(C)C)c(=O)c1=O. The van der Waals surface area contributed by atoms with Crippen LogP contribution < -0.4 is 21.5 Å². The zero-order chi connectivity index (χ0) is 13.0. The summed E-state index contributed by atoms with van der Waals surface area (Å²) in [5.41, 5.74) is 0.129. The molecular weight excluding hydrogens is 216 g/mol. The van der Waals surface area contributed by atoms with Gasteiger partial charge < -0.3 is 10.6 Å². The van der Waals surface area contributed by atoms with Crippen molar-refractivity contribution >= 4 is 11.4 Å². The summed E-state index contributed by atoms with van der Waals surface area (Å²) in [4.78, 5) is 22.7. The van der Waals surface area contributed by atoms with E-state index in [1.165, 1.54) is 0 Å². The molecule has 96 valence electrons. The van der Waals surface area contributed by atoms with Crippen molar-refractivity contribution in [2.75, 3.05) is 17.2 Å². The minimum absolute atomic E-state index is 0.162. The Kier molecular flexibility index (Phi) is 4.73. The highest BCUT2D eigenvalue weighted by molar-refractivity contribution is 5.74. The molecule has 0 unspecified atom stereocenters. The van der Waals surface area contributed by atoms with Gasteiger partial charge in [-0.2, -0.15) is 0 Å². The standard InChI is InChI=1S/C13H22N2O2/c1-8(2)6-5-7-14-10-11(15-9(3)4)13(17)12(10)16/h8-9,14-15H,5-7H2,1-4H3. The Bertz CT molecular complexity index is 429. The molecule has 0 aliphatic heterocycles. The molecule has 0 amide bonds. The van der Waals surface area contributed by atoms with Crippen molar-refractivity contribution in [3.05, 3.63) is 20.4 Å². The molecule has 0 radical (unpaired) electrons. The van der Waals surface area contributed by atoms with E-state index in [0.29, 0.717) is 17.3 Å². The lowest BCUT2D eigenvalue weighted by Gasteiger charge is -2.17. The molecule has 2 N–H and O–H groups in total. The lowest BCUT2D eigenvalue weighted by molar-refractivity contribution is 0.567. The molecule has 4 heteroatoms. The fourth-order valence-corrected chi connectivity index (χ4v) is 1.71. The minimum Gasteiger partial charge on any atom is -0.380 e. The highest BCUT2D eigenvalue weighted by Gasteiger charge is 2.20. The van der Waals surface area contributed by atoms with Crippen molar-refractivity contribution < 1.29 is 0 Å². The van der Waals surface area contributed by atoms with Crippen LogP contribution in [0.1, 0.15) is 40.5 Å². The Morgan fingerprint density at radius 1 is 1.00 bits per heavy atom. The molecule has 0 saturated heterocycles. The number of rotatable bonds is 7. The zero-order valence-electron chi connectivity index (χ0n) is 11.1. The van der Waals surface area contributed by atoms with E-state index in [1.54, 1.807) is 0 Å². The van der Waals surface area contributed by atoms with Gasteiger partial charge in [0.25, 0.3) is 10.9 Å². The first-order valence-corrected chi connectivity index (χ1v) is 6.27. The van der Waals surface area contributed by atoms with Crippen molar-refractivity contribution in [2.24, 2.45) is 5.92 Å². The summed E-state index contributed by atoms with van der Waals surface area (Å²) in [6.07, 6.45) is 2.13. The van der Waals surface area contributed by atoms with E-state index in [9.17, 15) is 9.59 Å². The minimum atomic E-state index is -0.398. The molecule has 0 aromatic heterocycles. The van der Waals surface area contributed by atoms with Crippen LogP contribution in [0.2, 0.25) is 0 Å². The van der Waals surface area contributed by atoms with Gasteiger partial charge in [-0.1, -0.05) is 13.8 Å². The van der Waals surface area contributed by atoms with Crippen molar-refractivity contribution in [1.82, 2.24) is 0 Å². The maximum atomic E-state index is 11.4. The normalized spacial score (nSPS) is 11.4. The summed E-state index contributed by atoms with van der Waals surface area (Å²) in [5, 5.41) is 6.06. The molecule has 0 atom stereocenters. The highest BCUT2D eigenvalue weighted by Crippen LogP contribution is 2.15. The van der Waals surface area contributed by atoms with Gasteiger partial charge >= 0.3 is 0 Å². The van der Waals surface area contributed by atoms with E-state index in [1.807, 2.05) is 13.8 Å². The van der Waals surface area contributed by atoms with Crippen molar-refractivity contribution in [1.29, 1.82) is 0 Å². The molecule has 1 rings (SSSR count). The van der Waals surface area contributed by atoms with Crippen LogP contribution in [-0.2, 0) is 0 Å². The van der Waals surface area contributed by atoms with Gasteiger partial charge in [0.05, 0.1) is 0 Å². The quantitative estimate of drug-likeness (QED) is 0.563. The third-order valence-electron chi connectivity index (χ3n) is 2.60. The summed E-state index contributed by atoms with van der Waals surface area (Å²) < 4.78 is 0. The van der Waals surface area contributed by atoms with Crippen LogP contribution in [-0.4, -0.2) is 12.6 Å². The maximum absolute atomic E-state index is 11.4. The molecule has 0 spiro atoms. The third kappa shape index (κ3) is 3.58. The molecule has 4 nitrogen and oxygen atoms in total. The number of hydrogen-bond donors (Lipinski definition) is 2. The first-order chi connectivity index (χ1) is 7.93. The number of hydrogen-bond acceptors (Lipinski definition) is 4. The van der Waals surface area contributed by atoms with E-state index in [4.69, 9.17) is 0 Å². The zero-order valence-corrected chi connectivity index (χ0v) is 11.1. The molecule has 0 bridgehead atoms. The molecule has 0 aliphatic carbocycles. The van der Waals surface area contributed by atoms with Crippen molar-refractivity contribution in [2.45, 2.75) is 46.6 Å². The Morgan fingerprint density at radius 3 is 2.12 bits per heavy atom. The van der Waals surface area contributed by atoms with Crippen LogP contribution in [0, 0.1) is 5.92 Å². The molecule has 1 aromatic rings. The second-order valence-electron chi connectivity index (χ2n) is 5.17.